The number of piperidine rings is 1. The Morgan fingerprint density at radius 1 is 1.35 bits per heavy atom. The van der Waals surface area contributed by atoms with Gasteiger partial charge in [0.05, 0.1) is 11.7 Å². The lowest BCUT2D eigenvalue weighted by Crippen LogP contribution is -2.49. The van der Waals surface area contributed by atoms with E-state index >= 15 is 0 Å². The van der Waals surface area contributed by atoms with Crippen molar-refractivity contribution < 1.29 is 10.2 Å². The number of hydrogen-bond donors (Lipinski definition) is 2. The van der Waals surface area contributed by atoms with E-state index in [4.69, 9.17) is 0 Å². The summed E-state index contributed by atoms with van der Waals surface area (Å²) in [6, 6.07) is 0. The molecule has 3 nitrogen and oxygen atoms in total. The fourth-order valence-corrected chi connectivity index (χ4v) is 3.49. The van der Waals surface area contributed by atoms with Gasteiger partial charge in [-0.15, -0.1) is 0 Å². The van der Waals surface area contributed by atoms with Crippen molar-refractivity contribution in [1.29, 1.82) is 0 Å². The third kappa shape index (κ3) is 3.67. The van der Waals surface area contributed by atoms with Crippen molar-refractivity contribution in [2.75, 3.05) is 19.6 Å². The van der Waals surface area contributed by atoms with Crippen LogP contribution in [0.25, 0.3) is 0 Å². The first-order chi connectivity index (χ1) is 7.96. The highest BCUT2D eigenvalue weighted by atomic mass is 16.3. The summed E-state index contributed by atoms with van der Waals surface area (Å²) in [5.41, 5.74) is -0.524. The molecule has 0 bridgehead atoms. The van der Waals surface area contributed by atoms with Gasteiger partial charge in [-0.3, -0.25) is 0 Å². The third-order valence-corrected chi connectivity index (χ3v) is 4.45. The van der Waals surface area contributed by atoms with Gasteiger partial charge in [0.1, 0.15) is 0 Å². The van der Waals surface area contributed by atoms with E-state index in [9.17, 15) is 10.2 Å². The van der Waals surface area contributed by atoms with E-state index in [1.165, 1.54) is 0 Å². The average Bonchev–Trinajstić information content (AvgIpc) is 2.22. The number of aliphatic hydroxyl groups excluding tert-OH is 1. The van der Waals surface area contributed by atoms with E-state index in [-0.39, 0.29) is 6.10 Å². The van der Waals surface area contributed by atoms with Gasteiger partial charge in [-0.05, 0) is 57.4 Å². The standard InChI is InChI=1S/C14H27NO2/c1-11-4-5-13(16)12(8-11)9-15-7-3-6-14(2,17)10-15/h11-13,16-17H,3-10H2,1-2H3. The van der Waals surface area contributed by atoms with Crippen LogP contribution in [0.4, 0.5) is 0 Å². The summed E-state index contributed by atoms with van der Waals surface area (Å²) in [5, 5.41) is 20.1. The first-order valence-corrected chi connectivity index (χ1v) is 7.09. The maximum atomic E-state index is 10.1. The molecule has 2 fully saturated rings. The molecule has 100 valence electrons. The molecule has 2 aliphatic rings. The molecule has 2 rings (SSSR count). The Morgan fingerprint density at radius 2 is 2.12 bits per heavy atom. The Bertz CT molecular complexity index is 255. The van der Waals surface area contributed by atoms with Gasteiger partial charge in [-0.2, -0.15) is 0 Å². The van der Waals surface area contributed by atoms with Crippen molar-refractivity contribution >= 4 is 0 Å². The van der Waals surface area contributed by atoms with Crippen LogP contribution in [-0.4, -0.2) is 46.5 Å². The topological polar surface area (TPSA) is 43.7 Å². The molecule has 1 heterocycles. The first-order valence-electron chi connectivity index (χ1n) is 7.09. The summed E-state index contributed by atoms with van der Waals surface area (Å²) in [7, 11) is 0. The molecule has 0 radical (unpaired) electrons. The Labute approximate surface area is 105 Å². The number of β-amino-alcohol motifs (C(OH)–C–C–N with tert-alkyl or cyclic N) is 1. The zero-order chi connectivity index (χ0) is 12.5. The molecular formula is C14H27NO2. The lowest BCUT2D eigenvalue weighted by atomic mass is 9.79. The smallest absolute Gasteiger partial charge is 0.0746 e. The average molecular weight is 241 g/mol. The molecule has 0 aromatic rings. The SMILES string of the molecule is CC1CCC(O)C(CN2CCCC(C)(O)C2)C1. The minimum absolute atomic E-state index is 0.127. The van der Waals surface area contributed by atoms with Crippen LogP contribution < -0.4 is 0 Å². The van der Waals surface area contributed by atoms with Crippen molar-refractivity contribution in [3.05, 3.63) is 0 Å². The monoisotopic (exact) mass is 241 g/mol. The van der Waals surface area contributed by atoms with Gasteiger partial charge < -0.3 is 15.1 Å². The summed E-state index contributed by atoms with van der Waals surface area (Å²) < 4.78 is 0. The van der Waals surface area contributed by atoms with Crippen molar-refractivity contribution in [2.45, 2.75) is 57.7 Å². The first kappa shape index (κ1) is 13.3. The molecule has 1 saturated heterocycles. The van der Waals surface area contributed by atoms with E-state index in [0.717, 1.165) is 57.7 Å². The summed E-state index contributed by atoms with van der Waals surface area (Å²) >= 11 is 0. The third-order valence-electron chi connectivity index (χ3n) is 4.45. The highest BCUT2D eigenvalue weighted by Crippen LogP contribution is 2.31. The second-order valence-electron chi connectivity index (χ2n) is 6.58. The van der Waals surface area contributed by atoms with Crippen molar-refractivity contribution in [1.82, 2.24) is 4.90 Å². The van der Waals surface area contributed by atoms with Crippen molar-refractivity contribution in [2.24, 2.45) is 11.8 Å². The zero-order valence-corrected chi connectivity index (χ0v) is 11.2. The lowest BCUT2D eigenvalue weighted by molar-refractivity contribution is -0.0363. The molecule has 0 spiro atoms. The van der Waals surface area contributed by atoms with Crippen LogP contribution in [0.1, 0.15) is 46.0 Å². The molecule has 1 aliphatic heterocycles. The Balaban J connectivity index is 1.87. The highest BCUT2D eigenvalue weighted by molar-refractivity contribution is 4.86. The molecule has 17 heavy (non-hydrogen) atoms. The molecule has 4 unspecified atom stereocenters. The minimum atomic E-state index is -0.524. The number of likely N-dealkylation sites (tertiary alicyclic amines) is 1. The maximum absolute atomic E-state index is 10.1. The lowest BCUT2D eigenvalue weighted by Gasteiger charge is -2.41. The van der Waals surface area contributed by atoms with Crippen molar-refractivity contribution in [3.8, 4) is 0 Å². The Kier molecular flexibility index (Phi) is 4.11. The minimum Gasteiger partial charge on any atom is -0.393 e. The van der Waals surface area contributed by atoms with Gasteiger partial charge in [0.25, 0.3) is 0 Å². The molecule has 4 atom stereocenters. The van der Waals surface area contributed by atoms with E-state index in [2.05, 4.69) is 11.8 Å². The van der Waals surface area contributed by atoms with Gasteiger partial charge in [-0.1, -0.05) is 6.92 Å². The molecule has 0 aromatic carbocycles. The predicted molar refractivity (Wildman–Crippen MR) is 68.8 cm³/mol. The van der Waals surface area contributed by atoms with Crippen LogP contribution in [-0.2, 0) is 0 Å². The van der Waals surface area contributed by atoms with Gasteiger partial charge >= 0.3 is 0 Å². The summed E-state index contributed by atoms with van der Waals surface area (Å²) in [6.07, 6.45) is 5.11. The number of hydrogen-bond acceptors (Lipinski definition) is 3. The van der Waals surface area contributed by atoms with Gasteiger partial charge in [-0.25, -0.2) is 0 Å². The van der Waals surface area contributed by atoms with Gasteiger partial charge in [0.2, 0.25) is 0 Å². The molecule has 1 aliphatic carbocycles. The quantitative estimate of drug-likeness (QED) is 0.772. The largest absolute Gasteiger partial charge is 0.393 e. The molecule has 2 N–H and O–H groups in total. The van der Waals surface area contributed by atoms with E-state index < -0.39 is 5.60 Å². The van der Waals surface area contributed by atoms with Crippen LogP contribution in [0.2, 0.25) is 0 Å². The fraction of sp³-hybridized carbons (Fsp3) is 1.00. The summed E-state index contributed by atoms with van der Waals surface area (Å²) in [4.78, 5) is 2.34. The maximum Gasteiger partial charge on any atom is 0.0746 e. The second kappa shape index (κ2) is 5.25. The summed E-state index contributed by atoms with van der Waals surface area (Å²) in [5.74, 6) is 1.15. The van der Waals surface area contributed by atoms with E-state index in [1.807, 2.05) is 6.92 Å². The number of nitrogens with zero attached hydrogens (tertiary/aromatic N) is 1. The normalized spacial score (nSPS) is 44.8. The van der Waals surface area contributed by atoms with Gasteiger partial charge in [0, 0.05) is 13.1 Å². The molecule has 1 saturated carbocycles. The summed E-state index contributed by atoms with van der Waals surface area (Å²) in [6.45, 7) is 7.02. The van der Waals surface area contributed by atoms with Crippen LogP contribution in [0.15, 0.2) is 0 Å². The van der Waals surface area contributed by atoms with Crippen LogP contribution in [0.3, 0.4) is 0 Å². The number of rotatable bonds is 2. The van der Waals surface area contributed by atoms with E-state index in [1.54, 1.807) is 0 Å². The van der Waals surface area contributed by atoms with Crippen LogP contribution in [0, 0.1) is 11.8 Å². The highest BCUT2D eigenvalue weighted by Gasteiger charge is 2.33. The number of aliphatic hydroxyl groups is 2. The second-order valence-corrected chi connectivity index (χ2v) is 6.58. The molecule has 0 amide bonds. The molecule has 3 heteroatoms. The van der Waals surface area contributed by atoms with Crippen molar-refractivity contribution in [3.63, 3.8) is 0 Å². The van der Waals surface area contributed by atoms with Crippen LogP contribution in [0.5, 0.6) is 0 Å². The zero-order valence-electron chi connectivity index (χ0n) is 11.2. The predicted octanol–water partition coefficient (Wildman–Crippen LogP) is 1.63. The Hall–Kier alpha value is -0.120. The van der Waals surface area contributed by atoms with Crippen LogP contribution >= 0.6 is 0 Å². The fourth-order valence-electron chi connectivity index (χ4n) is 3.49. The molecular weight excluding hydrogens is 214 g/mol. The molecule has 0 aromatic heterocycles. The van der Waals surface area contributed by atoms with E-state index in [0.29, 0.717) is 5.92 Å². The Morgan fingerprint density at radius 3 is 2.82 bits per heavy atom. The van der Waals surface area contributed by atoms with Gasteiger partial charge in [0.15, 0.2) is 0 Å².